The average Bonchev–Trinajstić information content (AvgIpc) is 3.13. The minimum atomic E-state index is -0.838. The number of Topliss-reactive ketones (excluding diaryl/α,β-unsaturated/α-hetero) is 1. The molecule has 2 aromatic rings. The first-order valence-electron chi connectivity index (χ1n) is 11.6. The Labute approximate surface area is 199 Å². The Balaban J connectivity index is 1.87. The average molecular weight is 454 g/mol. The number of carbonyl (C=O) groups is 2. The molecule has 5 nitrogen and oxygen atoms in total. The molecule has 0 N–H and O–H groups in total. The van der Waals surface area contributed by atoms with Gasteiger partial charge in [0.25, 0.3) is 0 Å². The topological polar surface area (TPSA) is 65.0 Å². The summed E-state index contributed by atoms with van der Waals surface area (Å²) in [5.41, 5.74) is 4.38. The van der Waals surface area contributed by atoms with Crippen LogP contribution in [-0.2, 0) is 19.1 Å². The van der Waals surface area contributed by atoms with E-state index in [-0.39, 0.29) is 18.3 Å². The molecule has 1 heterocycles. The van der Waals surface area contributed by atoms with Gasteiger partial charge in [0.05, 0.1) is 23.6 Å². The van der Waals surface area contributed by atoms with Gasteiger partial charge in [-0.2, -0.15) is 0 Å². The van der Waals surface area contributed by atoms with Gasteiger partial charge < -0.3 is 9.47 Å². The number of carbonyl (C=O) groups excluding carboxylic acids is 2. The lowest BCUT2D eigenvalue weighted by atomic mass is 9.77. The Hall–Kier alpha value is -3.57. The molecule has 0 aromatic heterocycles. The standard InChI is InChI=1S/C29H27NO4/c1-4-34-28(32)26-23(18-11-7-5-8-12-18)25-22(31)17-20-24(25)21(15-16-29(20,2)33-3)30-27(26)19-13-9-6-10-14-19/h5-16,20,26H,4,17H2,1-3H3. The monoisotopic (exact) mass is 453 g/mol. The van der Waals surface area contributed by atoms with Crippen molar-refractivity contribution in [2.75, 3.05) is 13.7 Å². The molecule has 2 aromatic carbocycles. The lowest BCUT2D eigenvalue weighted by Crippen LogP contribution is -2.36. The normalized spacial score (nSPS) is 25.7. The van der Waals surface area contributed by atoms with Crippen LogP contribution in [0.15, 0.2) is 94.7 Å². The third kappa shape index (κ3) is 3.48. The molecule has 3 unspecified atom stereocenters. The van der Waals surface area contributed by atoms with E-state index in [0.29, 0.717) is 29.0 Å². The van der Waals surface area contributed by atoms with E-state index >= 15 is 0 Å². The summed E-state index contributed by atoms with van der Waals surface area (Å²) < 4.78 is 11.4. The summed E-state index contributed by atoms with van der Waals surface area (Å²) in [6.07, 6.45) is 4.21. The summed E-state index contributed by atoms with van der Waals surface area (Å²) in [7, 11) is 1.66. The third-order valence-electron chi connectivity index (χ3n) is 7.01. The summed E-state index contributed by atoms with van der Waals surface area (Å²) in [4.78, 5) is 32.3. The maximum absolute atomic E-state index is 13.7. The van der Waals surface area contributed by atoms with Gasteiger partial charge in [-0.15, -0.1) is 0 Å². The van der Waals surface area contributed by atoms with E-state index in [4.69, 9.17) is 14.5 Å². The zero-order valence-corrected chi connectivity index (χ0v) is 19.6. The summed E-state index contributed by atoms with van der Waals surface area (Å²) >= 11 is 0. The summed E-state index contributed by atoms with van der Waals surface area (Å²) in [6, 6.07) is 19.3. The molecule has 2 aliphatic carbocycles. The number of aliphatic imine (C=N–C) groups is 1. The van der Waals surface area contributed by atoms with E-state index < -0.39 is 17.5 Å². The van der Waals surface area contributed by atoms with Crippen LogP contribution < -0.4 is 0 Å². The fraction of sp³-hybridized carbons (Fsp3) is 0.276. The predicted octanol–water partition coefficient (Wildman–Crippen LogP) is 4.94. The van der Waals surface area contributed by atoms with E-state index in [0.717, 1.165) is 16.7 Å². The van der Waals surface area contributed by atoms with Crippen molar-refractivity contribution in [3.8, 4) is 0 Å². The van der Waals surface area contributed by atoms with Crippen LogP contribution in [0.2, 0.25) is 0 Å². The van der Waals surface area contributed by atoms with Crippen molar-refractivity contribution in [3.63, 3.8) is 0 Å². The Morgan fingerprint density at radius 3 is 2.29 bits per heavy atom. The highest BCUT2D eigenvalue weighted by molar-refractivity contribution is 6.24. The van der Waals surface area contributed by atoms with Gasteiger partial charge in [-0.25, -0.2) is 0 Å². The van der Waals surface area contributed by atoms with Gasteiger partial charge in [-0.1, -0.05) is 66.7 Å². The number of allylic oxidation sites excluding steroid dienone is 2. The van der Waals surface area contributed by atoms with Crippen molar-refractivity contribution in [3.05, 3.63) is 101 Å². The first kappa shape index (κ1) is 22.2. The van der Waals surface area contributed by atoms with E-state index in [9.17, 15) is 9.59 Å². The van der Waals surface area contributed by atoms with Crippen LogP contribution in [0, 0.1) is 11.8 Å². The van der Waals surface area contributed by atoms with E-state index in [1.54, 1.807) is 14.0 Å². The van der Waals surface area contributed by atoms with Crippen molar-refractivity contribution < 1.29 is 19.1 Å². The number of ketones is 1. The summed E-state index contributed by atoms with van der Waals surface area (Å²) in [6.45, 7) is 4.02. The van der Waals surface area contributed by atoms with Crippen molar-refractivity contribution in [1.82, 2.24) is 0 Å². The van der Waals surface area contributed by atoms with Gasteiger partial charge in [0.1, 0.15) is 5.92 Å². The van der Waals surface area contributed by atoms with E-state index in [1.807, 2.05) is 79.7 Å². The number of hydrogen-bond acceptors (Lipinski definition) is 5. The number of ether oxygens (including phenoxy) is 2. The van der Waals surface area contributed by atoms with E-state index in [2.05, 4.69) is 0 Å². The number of rotatable bonds is 5. The predicted molar refractivity (Wildman–Crippen MR) is 131 cm³/mol. The molecule has 5 rings (SSSR count). The largest absolute Gasteiger partial charge is 0.465 e. The zero-order valence-electron chi connectivity index (χ0n) is 19.6. The quantitative estimate of drug-likeness (QED) is 0.602. The van der Waals surface area contributed by atoms with Gasteiger partial charge >= 0.3 is 5.97 Å². The minimum Gasteiger partial charge on any atom is -0.465 e. The molecule has 1 saturated carbocycles. The fourth-order valence-electron chi connectivity index (χ4n) is 5.26. The first-order valence-corrected chi connectivity index (χ1v) is 11.6. The SMILES string of the molecule is CCOC(=O)C1C(c2ccccc2)=NC2=C3C(=C1c1ccccc1)C(=O)CC3C(C)(OC)C=C2. The van der Waals surface area contributed by atoms with Gasteiger partial charge in [0.15, 0.2) is 5.78 Å². The number of nitrogens with zero attached hydrogens (tertiary/aromatic N) is 1. The van der Waals surface area contributed by atoms with Crippen LogP contribution in [0.25, 0.3) is 5.57 Å². The maximum atomic E-state index is 13.7. The molecule has 0 saturated heterocycles. The molecule has 0 radical (unpaired) electrons. The highest BCUT2D eigenvalue weighted by Crippen LogP contribution is 2.52. The van der Waals surface area contributed by atoms with E-state index in [1.165, 1.54) is 0 Å². The van der Waals surface area contributed by atoms with Gasteiger partial charge in [0.2, 0.25) is 0 Å². The summed E-state index contributed by atoms with van der Waals surface area (Å²) in [5, 5.41) is 0. The van der Waals surface area contributed by atoms with Crippen LogP contribution in [0.3, 0.4) is 0 Å². The van der Waals surface area contributed by atoms with Gasteiger partial charge in [0, 0.05) is 25.0 Å². The van der Waals surface area contributed by atoms with Gasteiger partial charge in [-0.3, -0.25) is 14.6 Å². The number of esters is 1. The summed E-state index contributed by atoms with van der Waals surface area (Å²) in [5.74, 6) is -1.43. The highest BCUT2D eigenvalue weighted by atomic mass is 16.5. The second-order valence-corrected chi connectivity index (χ2v) is 8.90. The van der Waals surface area contributed by atoms with Crippen molar-refractivity contribution in [1.29, 1.82) is 0 Å². The second-order valence-electron chi connectivity index (χ2n) is 8.90. The van der Waals surface area contributed by atoms with Crippen LogP contribution in [0.5, 0.6) is 0 Å². The minimum absolute atomic E-state index is 0.00198. The Kier molecular flexibility index (Phi) is 5.66. The van der Waals surface area contributed by atoms with Crippen molar-refractivity contribution >= 4 is 23.0 Å². The molecule has 34 heavy (non-hydrogen) atoms. The molecule has 0 bridgehead atoms. The van der Waals surface area contributed by atoms with Crippen molar-refractivity contribution in [2.24, 2.45) is 16.8 Å². The van der Waals surface area contributed by atoms with Gasteiger partial charge in [-0.05, 0) is 42.2 Å². The molecule has 3 aliphatic rings. The molecule has 0 amide bonds. The Morgan fingerprint density at radius 1 is 1.03 bits per heavy atom. The maximum Gasteiger partial charge on any atom is 0.319 e. The number of hydrogen-bond donors (Lipinski definition) is 0. The third-order valence-corrected chi connectivity index (χ3v) is 7.01. The highest BCUT2D eigenvalue weighted by Gasteiger charge is 2.50. The Morgan fingerprint density at radius 2 is 1.68 bits per heavy atom. The lowest BCUT2D eigenvalue weighted by Gasteiger charge is -2.35. The van der Waals surface area contributed by atoms with Crippen molar-refractivity contribution in [2.45, 2.75) is 25.9 Å². The molecular weight excluding hydrogens is 426 g/mol. The number of benzene rings is 2. The molecule has 3 atom stereocenters. The molecule has 172 valence electrons. The molecule has 5 heteroatoms. The number of methoxy groups -OCH3 is 1. The Bertz CT molecular complexity index is 1270. The second kappa shape index (κ2) is 8.65. The van der Waals surface area contributed by atoms with Crippen LogP contribution >= 0.6 is 0 Å². The van der Waals surface area contributed by atoms with Crippen LogP contribution in [0.1, 0.15) is 31.4 Å². The molecule has 1 aliphatic heterocycles. The molecule has 0 spiro atoms. The lowest BCUT2D eigenvalue weighted by molar-refractivity contribution is -0.143. The van der Waals surface area contributed by atoms with Crippen LogP contribution in [0.4, 0.5) is 0 Å². The first-order chi connectivity index (χ1) is 16.5. The fourth-order valence-corrected chi connectivity index (χ4v) is 5.26. The molecular formula is C29H27NO4. The smallest absolute Gasteiger partial charge is 0.319 e. The zero-order chi connectivity index (χ0) is 23.9. The van der Waals surface area contributed by atoms with Crippen LogP contribution in [-0.4, -0.2) is 36.8 Å². The molecule has 1 fully saturated rings.